The fraction of sp³-hybridized carbons (Fsp3) is 0.129. The highest BCUT2D eigenvalue weighted by Crippen LogP contribution is 2.30. The van der Waals surface area contributed by atoms with Gasteiger partial charge in [-0.15, -0.1) is 0 Å². The van der Waals surface area contributed by atoms with E-state index in [9.17, 15) is 18.8 Å². The second-order valence-electron chi connectivity index (χ2n) is 10.0. The number of benzene rings is 2. The Hall–Kier alpha value is -5.58. The van der Waals surface area contributed by atoms with Crippen LogP contribution in [0.1, 0.15) is 26.3 Å². The van der Waals surface area contributed by atoms with Crippen molar-refractivity contribution in [1.82, 2.24) is 24.2 Å². The Bertz CT molecular complexity index is 1840. The van der Waals surface area contributed by atoms with Crippen LogP contribution in [-0.4, -0.2) is 50.1 Å². The summed E-state index contributed by atoms with van der Waals surface area (Å²) in [5, 5.41) is 6.94. The number of halogens is 1. The minimum atomic E-state index is -0.691. The van der Waals surface area contributed by atoms with E-state index in [1.807, 2.05) is 19.3 Å². The zero-order valence-electron chi connectivity index (χ0n) is 23.2. The average Bonchev–Trinajstić information content (AvgIpc) is 3.41. The molecule has 0 atom stereocenters. The first kappa shape index (κ1) is 28.0. The molecular weight excluding hydrogens is 537 g/mol. The van der Waals surface area contributed by atoms with Crippen molar-refractivity contribution >= 4 is 23.3 Å². The van der Waals surface area contributed by atoms with Crippen LogP contribution in [0.4, 0.5) is 15.9 Å². The zero-order chi connectivity index (χ0) is 30.0. The summed E-state index contributed by atoms with van der Waals surface area (Å²) in [7, 11) is 4.88. The van der Waals surface area contributed by atoms with Crippen LogP contribution in [0.15, 0.2) is 90.4 Å². The van der Waals surface area contributed by atoms with Gasteiger partial charge in [0.25, 0.3) is 11.8 Å². The van der Waals surface area contributed by atoms with Crippen LogP contribution < -0.4 is 16.5 Å². The molecule has 0 aliphatic carbocycles. The molecule has 0 aliphatic rings. The number of pyridine rings is 2. The number of carbonyl (C=O) groups is 2. The molecule has 0 bridgehead atoms. The molecule has 0 saturated carbocycles. The summed E-state index contributed by atoms with van der Waals surface area (Å²) in [6.45, 7) is 0.219. The lowest BCUT2D eigenvalue weighted by atomic mass is 10.0. The number of aryl methyl sites for hydroxylation is 1. The van der Waals surface area contributed by atoms with Crippen LogP contribution in [-0.2, 0) is 13.6 Å². The standard InChI is InChI=1S/C31H28FN7O3/c1-37(2)31(42)27-18-39(15-19-4-8-23(32)9-5-19)17-26(28(27)40)30(41)36-24-10-6-20(7-11-24)25-12-21(13-34-29(25)33)22-14-35-38(3)16-22/h4-14,16-18H,15H2,1-3H3,(H2,33,34)(H,36,41). The molecule has 42 heavy (non-hydrogen) atoms. The van der Waals surface area contributed by atoms with Gasteiger partial charge in [0.2, 0.25) is 5.43 Å². The summed E-state index contributed by atoms with van der Waals surface area (Å²) in [6, 6.07) is 14.7. The Morgan fingerprint density at radius 2 is 1.62 bits per heavy atom. The van der Waals surface area contributed by atoms with Gasteiger partial charge in [0.05, 0.1) is 6.20 Å². The van der Waals surface area contributed by atoms with E-state index in [0.29, 0.717) is 17.1 Å². The molecule has 0 unspecified atom stereocenters. The third-order valence-corrected chi connectivity index (χ3v) is 6.65. The SMILES string of the molecule is CN(C)C(=O)c1cn(Cc2ccc(F)cc2)cc(C(=O)Nc2ccc(-c3cc(-c4cnn(C)c4)cnc3N)cc2)c1=O. The number of amides is 2. The number of hydrogen-bond acceptors (Lipinski definition) is 6. The zero-order valence-corrected chi connectivity index (χ0v) is 23.2. The van der Waals surface area contributed by atoms with Crippen molar-refractivity contribution in [3.05, 3.63) is 118 Å². The molecule has 0 radical (unpaired) electrons. The first-order valence-electron chi connectivity index (χ1n) is 13.0. The van der Waals surface area contributed by atoms with Gasteiger partial charge in [-0.25, -0.2) is 9.37 Å². The largest absolute Gasteiger partial charge is 0.383 e. The Morgan fingerprint density at radius 1 is 0.929 bits per heavy atom. The Morgan fingerprint density at radius 3 is 2.26 bits per heavy atom. The van der Waals surface area contributed by atoms with Gasteiger partial charge in [-0.3, -0.25) is 19.1 Å². The summed E-state index contributed by atoms with van der Waals surface area (Å²) in [5.74, 6) is -1.24. The van der Waals surface area contributed by atoms with Gasteiger partial charge in [0.1, 0.15) is 22.8 Å². The first-order valence-corrected chi connectivity index (χ1v) is 13.0. The van der Waals surface area contributed by atoms with Crippen molar-refractivity contribution in [2.75, 3.05) is 25.1 Å². The minimum Gasteiger partial charge on any atom is -0.383 e. The van der Waals surface area contributed by atoms with E-state index in [0.717, 1.165) is 22.3 Å². The second kappa shape index (κ2) is 11.5. The molecule has 11 heteroatoms. The molecule has 0 saturated heterocycles. The predicted molar refractivity (Wildman–Crippen MR) is 158 cm³/mol. The molecule has 10 nitrogen and oxygen atoms in total. The monoisotopic (exact) mass is 565 g/mol. The molecule has 0 spiro atoms. The molecule has 0 aliphatic heterocycles. The van der Waals surface area contributed by atoms with E-state index in [1.165, 1.54) is 43.5 Å². The summed E-state index contributed by atoms with van der Waals surface area (Å²) < 4.78 is 16.6. The number of hydrogen-bond donors (Lipinski definition) is 2. The number of nitrogens with one attached hydrogen (secondary N) is 1. The second-order valence-corrected chi connectivity index (χ2v) is 10.0. The smallest absolute Gasteiger partial charge is 0.261 e. The topological polar surface area (TPSA) is 128 Å². The lowest BCUT2D eigenvalue weighted by Crippen LogP contribution is -2.33. The van der Waals surface area contributed by atoms with Crippen molar-refractivity contribution in [3.8, 4) is 22.3 Å². The molecule has 3 aromatic heterocycles. The number of nitrogens with zero attached hydrogens (tertiary/aromatic N) is 5. The third-order valence-electron chi connectivity index (χ3n) is 6.65. The lowest BCUT2D eigenvalue weighted by Gasteiger charge is -2.15. The summed E-state index contributed by atoms with van der Waals surface area (Å²) in [4.78, 5) is 44.9. The summed E-state index contributed by atoms with van der Waals surface area (Å²) in [5.41, 5.74) is 9.54. The van der Waals surface area contributed by atoms with Gasteiger partial charge in [0.15, 0.2) is 0 Å². The number of nitrogen functional groups attached to an aromatic ring is 1. The fourth-order valence-electron chi connectivity index (χ4n) is 4.44. The van der Waals surface area contributed by atoms with E-state index in [-0.39, 0.29) is 23.5 Å². The Kier molecular flexibility index (Phi) is 7.65. The molecule has 5 rings (SSSR count). The van der Waals surface area contributed by atoms with Crippen LogP contribution in [0, 0.1) is 5.82 Å². The maximum Gasteiger partial charge on any atom is 0.261 e. The number of anilines is 2. The number of rotatable bonds is 7. The van der Waals surface area contributed by atoms with Crippen LogP contribution in [0.2, 0.25) is 0 Å². The van der Waals surface area contributed by atoms with Gasteiger partial charge in [0, 0.05) is 74.9 Å². The molecule has 5 aromatic rings. The van der Waals surface area contributed by atoms with E-state index in [4.69, 9.17) is 5.73 Å². The van der Waals surface area contributed by atoms with Crippen molar-refractivity contribution in [2.24, 2.45) is 7.05 Å². The van der Waals surface area contributed by atoms with Crippen LogP contribution in [0.25, 0.3) is 22.3 Å². The van der Waals surface area contributed by atoms with Crippen molar-refractivity contribution < 1.29 is 14.0 Å². The molecule has 3 N–H and O–H groups in total. The Labute approximate surface area is 240 Å². The molecule has 2 amide bonds. The van der Waals surface area contributed by atoms with E-state index in [1.54, 1.807) is 58.0 Å². The van der Waals surface area contributed by atoms with Gasteiger partial charge >= 0.3 is 0 Å². The van der Waals surface area contributed by atoms with Crippen LogP contribution in [0.5, 0.6) is 0 Å². The number of nitrogens with two attached hydrogens (primary N) is 1. The maximum atomic E-state index is 13.4. The van der Waals surface area contributed by atoms with Gasteiger partial charge in [-0.1, -0.05) is 24.3 Å². The summed E-state index contributed by atoms with van der Waals surface area (Å²) in [6.07, 6.45) is 8.09. The van der Waals surface area contributed by atoms with Gasteiger partial charge in [-0.05, 0) is 41.5 Å². The van der Waals surface area contributed by atoms with E-state index in [2.05, 4.69) is 15.4 Å². The highest BCUT2D eigenvalue weighted by Gasteiger charge is 2.21. The predicted octanol–water partition coefficient (Wildman–Crippen LogP) is 4.03. The third kappa shape index (κ3) is 5.94. The quantitative estimate of drug-likeness (QED) is 0.307. The van der Waals surface area contributed by atoms with Crippen molar-refractivity contribution in [2.45, 2.75) is 6.54 Å². The van der Waals surface area contributed by atoms with E-state index >= 15 is 0 Å². The fourth-order valence-corrected chi connectivity index (χ4v) is 4.44. The summed E-state index contributed by atoms with van der Waals surface area (Å²) >= 11 is 0. The van der Waals surface area contributed by atoms with Crippen LogP contribution >= 0.6 is 0 Å². The molecular formula is C31H28FN7O3. The van der Waals surface area contributed by atoms with Gasteiger partial charge < -0.3 is 20.5 Å². The highest BCUT2D eigenvalue weighted by molar-refractivity contribution is 6.05. The van der Waals surface area contributed by atoms with Crippen molar-refractivity contribution in [1.29, 1.82) is 0 Å². The van der Waals surface area contributed by atoms with Gasteiger partial charge in [-0.2, -0.15) is 5.10 Å². The van der Waals surface area contributed by atoms with Crippen molar-refractivity contribution in [3.63, 3.8) is 0 Å². The highest BCUT2D eigenvalue weighted by atomic mass is 19.1. The molecule has 212 valence electrons. The first-order chi connectivity index (χ1) is 20.1. The average molecular weight is 566 g/mol. The number of carbonyl (C=O) groups excluding carboxylic acids is 2. The van der Waals surface area contributed by atoms with Crippen LogP contribution in [0.3, 0.4) is 0 Å². The molecule has 2 aromatic carbocycles. The maximum absolute atomic E-state index is 13.4. The normalized spacial score (nSPS) is 10.9. The Balaban J connectivity index is 1.42. The molecule has 3 heterocycles. The lowest BCUT2D eigenvalue weighted by molar-refractivity contribution is 0.0825. The van der Waals surface area contributed by atoms with E-state index < -0.39 is 17.2 Å². The number of aromatic nitrogens is 4. The minimum absolute atomic E-state index is 0.151. The molecule has 0 fully saturated rings.